The highest BCUT2D eigenvalue weighted by Crippen LogP contribution is 2.24. The van der Waals surface area contributed by atoms with Gasteiger partial charge in [-0.2, -0.15) is 5.10 Å². The monoisotopic (exact) mass is 430 g/mol. The Morgan fingerprint density at radius 2 is 2.10 bits per heavy atom. The van der Waals surface area contributed by atoms with E-state index >= 15 is 0 Å². The molecule has 1 N–H and O–H groups in total. The fourth-order valence-electron chi connectivity index (χ4n) is 2.38. The maximum absolute atomic E-state index is 12.0. The van der Waals surface area contributed by atoms with Gasteiger partial charge in [0.2, 0.25) is 0 Å². The molecule has 0 saturated carbocycles. The van der Waals surface area contributed by atoms with Crippen LogP contribution in [0.2, 0.25) is 5.02 Å². The molecule has 0 saturated heterocycles. The Balaban J connectivity index is 1.56. The molecule has 0 unspecified atom stereocenters. The van der Waals surface area contributed by atoms with Crippen LogP contribution in [0.4, 0.5) is 5.69 Å². The van der Waals surface area contributed by atoms with Crippen molar-refractivity contribution in [2.75, 3.05) is 5.75 Å². The zero-order valence-corrected chi connectivity index (χ0v) is 16.7. The number of carbonyl (C=O) groups is 1. The second-order valence-electron chi connectivity index (χ2n) is 5.81. The summed E-state index contributed by atoms with van der Waals surface area (Å²) in [7, 11) is 1.80. The first kappa shape index (κ1) is 20.5. The maximum Gasteiger partial charge on any atom is 0.270 e. The lowest BCUT2D eigenvalue weighted by Crippen LogP contribution is -2.19. The van der Waals surface area contributed by atoms with Gasteiger partial charge in [-0.15, -0.1) is 10.2 Å². The third kappa shape index (κ3) is 5.39. The Kier molecular flexibility index (Phi) is 6.57. The van der Waals surface area contributed by atoms with Gasteiger partial charge in [-0.3, -0.25) is 14.9 Å². The van der Waals surface area contributed by atoms with Gasteiger partial charge in [0.25, 0.3) is 11.6 Å². The van der Waals surface area contributed by atoms with Crippen LogP contribution in [0, 0.1) is 10.1 Å². The lowest BCUT2D eigenvalue weighted by atomic mass is 10.2. The molecular weight excluding hydrogens is 416 g/mol. The van der Waals surface area contributed by atoms with Crippen molar-refractivity contribution in [1.82, 2.24) is 20.2 Å². The summed E-state index contributed by atoms with van der Waals surface area (Å²) >= 11 is 7.22. The number of benzene rings is 2. The molecule has 0 spiro atoms. The number of carbonyl (C=O) groups excluding carboxylic acids is 1. The third-order valence-corrected chi connectivity index (χ3v) is 4.99. The predicted octanol–water partition coefficient (Wildman–Crippen LogP) is 3.29. The maximum atomic E-state index is 12.0. The standard InChI is InChI=1S/C18H15ClN6O3S/c1-24-17(13-5-3-6-14(19)9-13)22-23-18(24)29-11-16(26)21-20-10-12-4-2-7-15(8-12)25(27)28/h2-10H,11H2,1H3,(H,21,26)/b20-10+. The molecule has 2 aromatic carbocycles. The van der Waals surface area contributed by atoms with Crippen LogP contribution in [0.5, 0.6) is 0 Å². The molecule has 148 valence electrons. The van der Waals surface area contributed by atoms with Crippen molar-refractivity contribution in [3.8, 4) is 11.4 Å². The first-order chi connectivity index (χ1) is 13.9. The number of halogens is 1. The second kappa shape index (κ2) is 9.30. The average molecular weight is 431 g/mol. The van der Waals surface area contributed by atoms with E-state index in [0.29, 0.717) is 21.6 Å². The van der Waals surface area contributed by atoms with E-state index in [9.17, 15) is 14.9 Å². The van der Waals surface area contributed by atoms with Crippen molar-refractivity contribution in [2.45, 2.75) is 5.16 Å². The van der Waals surface area contributed by atoms with E-state index in [1.54, 1.807) is 35.9 Å². The molecule has 11 heteroatoms. The van der Waals surface area contributed by atoms with Gasteiger partial charge in [0.1, 0.15) is 0 Å². The SMILES string of the molecule is Cn1c(SCC(=O)N/N=C/c2cccc([N+](=O)[O-])c2)nnc1-c1cccc(Cl)c1. The Labute approximate surface area is 174 Å². The number of aromatic nitrogens is 3. The topological polar surface area (TPSA) is 115 Å². The minimum absolute atomic E-state index is 0.0476. The van der Waals surface area contributed by atoms with Gasteiger partial charge in [0, 0.05) is 35.3 Å². The van der Waals surface area contributed by atoms with Crippen LogP contribution in [0.3, 0.4) is 0 Å². The lowest BCUT2D eigenvalue weighted by molar-refractivity contribution is -0.384. The number of nitro groups is 1. The quantitative estimate of drug-likeness (QED) is 0.266. The fourth-order valence-corrected chi connectivity index (χ4v) is 3.27. The van der Waals surface area contributed by atoms with E-state index in [-0.39, 0.29) is 17.3 Å². The van der Waals surface area contributed by atoms with Gasteiger partial charge in [-0.25, -0.2) is 5.43 Å². The highest BCUT2D eigenvalue weighted by atomic mass is 35.5. The van der Waals surface area contributed by atoms with Crippen LogP contribution in [0.1, 0.15) is 5.56 Å². The van der Waals surface area contributed by atoms with Gasteiger partial charge in [0.05, 0.1) is 16.9 Å². The molecule has 3 aromatic rings. The Hall–Kier alpha value is -3.24. The van der Waals surface area contributed by atoms with Crippen LogP contribution in [0.15, 0.2) is 58.8 Å². The van der Waals surface area contributed by atoms with Crippen molar-refractivity contribution >= 4 is 41.2 Å². The molecule has 1 heterocycles. The minimum Gasteiger partial charge on any atom is -0.305 e. The lowest BCUT2D eigenvalue weighted by Gasteiger charge is -2.04. The number of hydrazone groups is 1. The summed E-state index contributed by atoms with van der Waals surface area (Å²) in [5.41, 5.74) is 3.66. The Morgan fingerprint density at radius 3 is 2.86 bits per heavy atom. The van der Waals surface area contributed by atoms with Crippen molar-refractivity contribution in [3.05, 3.63) is 69.2 Å². The number of nitrogens with zero attached hydrogens (tertiary/aromatic N) is 5. The molecule has 9 nitrogen and oxygen atoms in total. The molecule has 1 amide bonds. The number of amides is 1. The number of thioether (sulfide) groups is 1. The summed E-state index contributed by atoms with van der Waals surface area (Å²) in [6.45, 7) is 0. The summed E-state index contributed by atoms with van der Waals surface area (Å²) in [5, 5.41) is 24.0. The number of nitro benzene ring substituents is 1. The normalized spacial score (nSPS) is 11.0. The zero-order chi connectivity index (χ0) is 20.8. The van der Waals surface area contributed by atoms with Crippen LogP contribution in [0.25, 0.3) is 11.4 Å². The molecule has 0 fully saturated rings. The number of nitrogens with one attached hydrogen (secondary N) is 1. The van der Waals surface area contributed by atoms with Crippen molar-refractivity contribution < 1.29 is 9.72 Å². The van der Waals surface area contributed by atoms with E-state index in [4.69, 9.17) is 11.6 Å². The first-order valence-electron chi connectivity index (χ1n) is 8.28. The molecule has 0 bridgehead atoms. The minimum atomic E-state index is -0.495. The van der Waals surface area contributed by atoms with Crippen LogP contribution in [-0.2, 0) is 11.8 Å². The summed E-state index contributed by atoms with van der Waals surface area (Å²) in [6.07, 6.45) is 1.34. The van der Waals surface area contributed by atoms with Gasteiger partial charge in [-0.1, -0.05) is 47.6 Å². The van der Waals surface area contributed by atoms with Gasteiger partial charge in [-0.05, 0) is 12.1 Å². The smallest absolute Gasteiger partial charge is 0.270 e. The van der Waals surface area contributed by atoms with E-state index in [2.05, 4.69) is 20.7 Å². The highest BCUT2D eigenvalue weighted by Gasteiger charge is 2.13. The Bertz CT molecular complexity index is 1080. The molecule has 3 rings (SSSR count). The number of non-ortho nitro benzene ring substituents is 1. The number of hydrogen-bond donors (Lipinski definition) is 1. The van der Waals surface area contributed by atoms with Crippen LogP contribution >= 0.6 is 23.4 Å². The molecule has 0 aliphatic carbocycles. The molecule has 0 radical (unpaired) electrons. The summed E-state index contributed by atoms with van der Waals surface area (Å²) in [6, 6.07) is 13.2. The number of rotatable bonds is 7. The average Bonchev–Trinajstić information content (AvgIpc) is 3.07. The fraction of sp³-hybridized carbons (Fsp3) is 0.111. The Morgan fingerprint density at radius 1 is 1.31 bits per heavy atom. The summed E-state index contributed by atoms with van der Waals surface area (Å²) in [4.78, 5) is 22.3. The van der Waals surface area contributed by atoms with Gasteiger partial charge >= 0.3 is 0 Å². The van der Waals surface area contributed by atoms with E-state index in [0.717, 1.165) is 5.56 Å². The molecular formula is C18H15ClN6O3S. The zero-order valence-electron chi connectivity index (χ0n) is 15.2. The van der Waals surface area contributed by atoms with Gasteiger partial charge in [0.15, 0.2) is 11.0 Å². The van der Waals surface area contributed by atoms with Crippen LogP contribution < -0.4 is 5.43 Å². The van der Waals surface area contributed by atoms with Crippen molar-refractivity contribution in [1.29, 1.82) is 0 Å². The van der Waals surface area contributed by atoms with E-state index in [1.165, 1.54) is 30.1 Å². The third-order valence-electron chi connectivity index (χ3n) is 3.73. The van der Waals surface area contributed by atoms with E-state index in [1.807, 2.05) is 12.1 Å². The molecule has 0 aliphatic rings. The van der Waals surface area contributed by atoms with E-state index < -0.39 is 4.92 Å². The highest BCUT2D eigenvalue weighted by molar-refractivity contribution is 7.99. The largest absolute Gasteiger partial charge is 0.305 e. The van der Waals surface area contributed by atoms with Crippen molar-refractivity contribution in [2.24, 2.45) is 12.1 Å². The molecule has 1 aromatic heterocycles. The predicted molar refractivity (Wildman–Crippen MR) is 111 cm³/mol. The number of hydrogen-bond acceptors (Lipinski definition) is 7. The van der Waals surface area contributed by atoms with Crippen LogP contribution in [-0.4, -0.2) is 37.6 Å². The summed E-state index contributed by atoms with van der Waals surface area (Å²) < 4.78 is 1.77. The molecule has 29 heavy (non-hydrogen) atoms. The van der Waals surface area contributed by atoms with Gasteiger partial charge < -0.3 is 4.57 Å². The van der Waals surface area contributed by atoms with Crippen molar-refractivity contribution in [3.63, 3.8) is 0 Å². The summed E-state index contributed by atoms with van der Waals surface area (Å²) in [5.74, 6) is 0.372. The first-order valence-corrected chi connectivity index (χ1v) is 9.65. The second-order valence-corrected chi connectivity index (χ2v) is 7.19. The molecule has 0 aliphatic heterocycles. The molecule has 0 atom stereocenters.